The molecule has 0 bridgehead atoms. The zero-order valence-corrected chi connectivity index (χ0v) is 6.32. The van der Waals surface area contributed by atoms with Crippen LogP contribution in [0.3, 0.4) is 0 Å². The summed E-state index contributed by atoms with van der Waals surface area (Å²) in [6.45, 7) is 0.0668. The van der Waals surface area contributed by atoms with Crippen LogP contribution in [0.25, 0.3) is 0 Å². The number of aliphatic carboxylic acids is 1. The molecule has 0 aromatic carbocycles. The predicted molar refractivity (Wildman–Crippen MR) is 40.5 cm³/mol. The lowest BCUT2D eigenvalue weighted by Crippen LogP contribution is -2.23. The van der Waals surface area contributed by atoms with Gasteiger partial charge >= 0.3 is 5.97 Å². The summed E-state index contributed by atoms with van der Waals surface area (Å²) in [5, 5.41) is 10.5. The van der Waals surface area contributed by atoms with Crippen molar-refractivity contribution < 1.29 is 19.5 Å². The fraction of sp³-hybridized carbons (Fsp3) is 0.286. The number of carbonyl (C=O) groups is 3. The lowest BCUT2D eigenvalue weighted by atomic mass is 10.4. The van der Waals surface area contributed by atoms with Crippen molar-refractivity contribution in [2.45, 2.75) is 6.42 Å². The predicted octanol–water partition coefficient (Wildman–Crippen LogP) is -0.668. The van der Waals surface area contributed by atoms with E-state index in [4.69, 9.17) is 5.11 Å². The van der Waals surface area contributed by atoms with Gasteiger partial charge in [-0.15, -0.1) is 0 Å². The Labute approximate surface area is 69.1 Å². The Morgan fingerprint density at radius 3 is 2.58 bits per heavy atom. The number of allylic oxidation sites excluding steroid dienone is 1. The number of hydrogen-bond donors (Lipinski definition) is 2. The molecular weight excluding hydrogens is 162 g/mol. The zero-order chi connectivity index (χ0) is 9.40. The first-order chi connectivity index (χ1) is 5.66. The number of amides is 1. The molecule has 2 N–H and O–H groups in total. The largest absolute Gasteiger partial charge is 0.481 e. The van der Waals surface area contributed by atoms with Crippen LogP contribution in [0.2, 0.25) is 0 Å². The number of carboxylic acid groups (broad SMARTS) is 1. The van der Waals surface area contributed by atoms with Gasteiger partial charge in [0, 0.05) is 12.6 Å². The molecule has 0 saturated heterocycles. The van der Waals surface area contributed by atoms with E-state index in [-0.39, 0.29) is 13.0 Å². The fourth-order valence-corrected chi connectivity index (χ4v) is 0.478. The summed E-state index contributed by atoms with van der Waals surface area (Å²) in [5.74, 6) is -1.45. The highest BCUT2D eigenvalue weighted by Crippen LogP contribution is 1.76. The minimum absolute atomic E-state index is 0.0668. The summed E-state index contributed by atoms with van der Waals surface area (Å²) < 4.78 is 0. The van der Waals surface area contributed by atoms with Gasteiger partial charge in [0.25, 0.3) is 0 Å². The second-order valence-corrected chi connectivity index (χ2v) is 1.93. The van der Waals surface area contributed by atoms with E-state index in [1.807, 2.05) is 0 Å². The third kappa shape index (κ3) is 6.47. The van der Waals surface area contributed by atoms with E-state index in [1.165, 1.54) is 0 Å². The highest BCUT2D eigenvalue weighted by atomic mass is 16.4. The molecule has 0 rings (SSSR count). The lowest BCUT2D eigenvalue weighted by molar-refractivity contribution is -0.136. The van der Waals surface area contributed by atoms with Gasteiger partial charge < -0.3 is 10.4 Å². The molecule has 0 aromatic heterocycles. The van der Waals surface area contributed by atoms with Crippen molar-refractivity contribution in [1.29, 1.82) is 0 Å². The molecule has 0 aromatic rings. The van der Waals surface area contributed by atoms with E-state index in [2.05, 4.69) is 5.32 Å². The molecule has 5 nitrogen and oxygen atoms in total. The number of hydrogen-bond acceptors (Lipinski definition) is 3. The van der Waals surface area contributed by atoms with Gasteiger partial charge in [-0.05, 0) is 6.08 Å². The minimum atomic E-state index is -0.977. The molecule has 0 saturated carbocycles. The first-order valence-corrected chi connectivity index (χ1v) is 3.28. The van der Waals surface area contributed by atoms with Gasteiger partial charge in [0.2, 0.25) is 5.91 Å². The molecular formula is C7H9NO4. The summed E-state index contributed by atoms with van der Waals surface area (Å²) in [5.41, 5.74) is 0. The van der Waals surface area contributed by atoms with Gasteiger partial charge in [-0.2, -0.15) is 0 Å². The van der Waals surface area contributed by atoms with Crippen molar-refractivity contribution in [2.24, 2.45) is 0 Å². The molecule has 1 amide bonds. The minimum Gasteiger partial charge on any atom is -0.481 e. The van der Waals surface area contributed by atoms with Crippen molar-refractivity contribution in [2.75, 3.05) is 6.54 Å². The highest BCUT2D eigenvalue weighted by molar-refractivity contribution is 5.91. The number of nitrogens with one attached hydrogen (secondary N) is 1. The molecule has 0 aliphatic carbocycles. The van der Waals surface area contributed by atoms with Crippen LogP contribution in [-0.2, 0) is 14.4 Å². The maximum Gasteiger partial charge on any atom is 0.305 e. The molecule has 0 heterocycles. The third-order valence-corrected chi connectivity index (χ3v) is 0.964. The number of carboxylic acids is 1. The average Bonchev–Trinajstić information content (AvgIpc) is 2.00. The summed E-state index contributed by atoms with van der Waals surface area (Å²) in [7, 11) is 0. The van der Waals surface area contributed by atoms with Crippen LogP contribution >= 0.6 is 0 Å². The van der Waals surface area contributed by atoms with Crippen molar-refractivity contribution in [3.05, 3.63) is 12.2 Å². The highest BCUT2D eigenvalue weighted by Gasteiger charge is 1.97. The Kier molecular flexibility index (Phi) is 5.25. The van der Waals surface area contributed by atoms with E-state index >= 15 is 0 Å². The average molecular weight is 171 g/mol. The maximum atomic E-state index is 10.6. The number of rotatable bonds is 5. The first-order valence-electron chi connectivity index (χ1n) is 3.28. The van der Waals surface area contributed by atoms with Crippen LogP contribution in [0.1, 0.15) is 6.42 Å². The number of carbonyl (C=O) groups excluding carboxylic acids is 2. The van der Waals surface area contributed by atoms with Crippen molar-refractivity contribution >= 4 is 18.2 Å². The second-order valence-electron chi connectivity index (χ2n) is 1.93. The van der Waals surface area contributed by atoms with Gasteiger partial charge in [0.05, 0.1) is 6.42 Å². The molecule has 0 aliphatic rings. The molecule has 0 aliphatic heterocycles. The van der Waals surface area contributed by atoms with Crippen molar-refractivity contribution in [3.8, 4) is 0 Å². The topological polar surface area (TPSA) is 83.5 Å². The third-order valence-electron chi connectivity index (χ3n) is 0.964. The fourth-order valence-electron chi connectivity index (χ4n) is 0.478. The van der Waals surface area contributed by atoms with Crippen LogP contribution in [0.4, 0.5) is 0 Å². The Bertz CT molecular complexity index is 209. The first kappa shape index (κ1) is 10.3. The second kappa shape index (κ2) is 6.09. The van der Waals surface area contributed by atoms with E-state index in [0.29, 0.717) is 6.29 Å². The van der Waals surface area contributed by atoms with Crippen molar-refractivity contribution in [1.82, 2.24) is 5.32 Å². The number of aldehydes is 1. The Balaban J connectivity index is 3.50. The van der Waals surface area contributed by atoms with Crippen molar-refractivity contribution in [3.63, 3.8) is 0 Å². The molecule has 0 atom stereocenters. The van der Waals surface area contributed by atoms with Crippen LogP contribution < -0.4 is 5.32 Å². The monoisotopic (exact) mass is 171 g/mol. The Morgan fingerprint density at radius 2 is 2.08 bits per heavy atom. The molecule has 0 radical (unpaired) electrons. The molecule has 0 spiro atoms. The van der Waals surface area contributed by atoms with E-state index in [1.54, 1.807) is 0 Å². The van der Waals surface area contributed by atoms with Gasteiger partial charge in [0.1, 0.15) is 6.29 Å². The van der Waals surface area contributed by atoms with Gasteiger partial charge in [-0.1, -0.05) is 0 Å². The molecule has 0 fully saturated rings. The van der Waals surface area contributed by atoms with E-state index in [0.717, 1.165) is 12.2 Å². The SMILES string of the molecule is O=C/C=C/C(=O)NCCC(=O)O. The zero-order valence-electron chi connectivity index (χ0n) is 6.32. The Morgan fingerprint density at radius 1 is 1.42 bits per heavy atom. The van der Waals surface area contributed by atoms with Gasteiger partial charge in [-0.3, -0.25) is 14.4 Å². The quantitative estimate of drug-likeness (QED) is 0.424. The normalized spacial score (nSPS) is 9.67. The van der Waals surface area contributed by atoms with Gasteiger partial charge in [-0.25, -0.2) is 0 Å². The van der Waals surface area contributed by atoms with Crippen LogP contribution in [-0.4, -0.2) is 29.8 Å². The lowest BCUT2D eigenvalue weighted by Gasteiger charge is -1.96. The van der Waals surface area contributed by atoms with Crippen LogP contribution in [0.15, 0.2) is 12.2 Å². The van der Waals surface area contributed by atoms with Crippen LogP contribution in [0.5, 0.6) is 0 Å². The molecule has 5 heteroatoms. The summed E-state index contributed by atoms with van der Waals surface area (Å²) in [4.78, 5) is 30.3. The molecule has 66 valence electrons. The van der Waals surface area contributed by atoms with E-state index in [9.17, 15) is 14.4 Å². The Hall–Kier alpha value is -1.65. The summed E-state index contributed by atoms with van der Waals surface area (Å²) in [6.07, 6.45) is 2.42. The molecule has 12 heavy (non-hydrogen) atoms. The van der Waals surface area contributed by atoms with E-state index < -0.39 is 11.9 Å². The van der Waals surface area contributed by atoms with Crippen LogP contribution in [0, 0.1) is 0 Å². The summed E-state index contributed by atoms with van der Waals surface area (Å²) >= 11 is 0. The standard InChI is InChI=1S/C7H9NO4/c9-5-1-2-6(10)8-4-3-7(11)12/h1-2,5H,3-4H2,(H,8,10)(H,11,12)/b2-1+. The summed E-state index contributed by atoms with van der Waals surface area (Å²) in [6, 6.07) is 0. The molecule has 0 unspecified atom stereocenters. The van der Waals surface area contributed by atoms with Gasteiger partial charge in [0.15, 0.2) is 0 Å². The maximum absolute atomic E-state index is 10.6. The smallest absolute Gasteiger partial charge is 0.305 e.